The molecule has 1 N–H and O–H groups in total. The van der Waals surface area contributed by atoms with E-state index in [4.69, 9.17) is 16.3 Å². The molecular formula is C19H19ClF3NO. The molecule has 134 valence electrons. The second-order valence-corrected chi connectivity index (χ2v) is 6.70. The van der Waals surface area contributed by atoms with Gasteiger partial charge in [-0.1, -0.05) is 17.7 Å². The number of halogens is 4. The van der Waals surface area contributed by atoms with Crippen LogP contribution in [0.2, 0.25) is 5.02 Å². The van der Waals surface area contributed by atoms with Gasteiger partial charge >= 0.3 is 6.18 Å². The summed E-state index contributed by atoms with van der Waals surface area (Å²) in [5, 5.41) is 3.88. The largest absolute Gasteiger partial charge is 0.490 e. The molecule has 0 bridgehead atoms. The third-order valence-corrected chi connectivity index (χ3v) is 4.60. The lowest BCUT2D eigenvalue weighted by Gasteiger charge is -2.30. The predicted octanol–water partition coefficient (Wildman–Crippen LogP) is 6.16. The molecule has 0 heterocycles. The van der Waals surface area contributed by atoms with Crippen molar-refractivity contribution in [2.75, 3.05) is 5.32 Å². The maximum atomic E-state index is 12.8. The van der Waals surface area contributed by atoms with Gasteiger partial charge in [0.15, 0.2) is 0 Å². The maximum Gasteiger partial charge on any atom is 0.416 e. The smallest absolute Gasteiger partial charge is 0.416 e. The number of anilines is 1. The molecule has 0 amide bonds. The van der Waals surface area contributed by atoms with E-state index in [0.717, 1.165) is 43.6 Å². The zero-order chi connectivity index (χ0) is 17.9. The zero-order valence-electron chi connectivity index (χ0n) is 13.5. The SMILES string of the molecule is FC(F)(F)c1cccc(NC2CCC(Oc3ccc(Cl)cc3)CC2)c1. The van der Waals surface area contributed by atoms with E-state index < -0.39 is 11.7 Å². The van der Waals surface area contributed by atoms with E-state index in [0.29, 0.717) is 10.7 Å². The number of hydrogen-bond donors (Lipinski definition) is 1. The highest BCUT2D eigenvalue weighted by molar-refractivity contribution is 6.30. The fourth-order valence-electron chi connectivity index (χ4n) is 3.05. The lowest BCUT2D eigenvalue weighted by molar-refractivity contribution is -0.137. The van der Waals surface area contributed by atoms with Gasteiger partial charge in [0.05, 0.1) is 11.7 Å². The average Bonchev–Trinajstić information content (AvgIpc) is 2.58. The molecule has 6 heteroatoms. The quantitative estimate of drug-likeness (QED) is 0.696. The molecule has 0 radical (unpaired) electrons. The maximum absolute atomic E-state index is 12.8. The summed E-state index contributed by atoms with van der Waals surface area (Å²) in [5.74, 6) is 0.790. The molecule has 1 saturated carbocycles. The Morgan fingerprint density at radius 3 is 2.28 bits per heavy atom. The van der Waals surface area contributed by atoms with E-state index >= 15 is 0 Å². The molecular weight excluding hydrogens is 351 g/mol. The predicted molar refractivity (Wildman–Crippen MR) is 93.2 cm³/mol. The summed E-state index contributed by atoms with van der Waals surface area (Å²) >= 11 is 5.86. The monoisotopic (exact) mass is 369 g/mol. The molecule has 0 aromatic heterocycles. The van der Waals surface area contributed by atoms with Gasteiger partial charge in [-0.05, 0) is 68.1 Å². The van der Waals surface area contributed by atoms with E-state index in [1.807, 2.05) is 12.1 Å². The van der Waals surface area contributed by atoms with Crippen molar-refractivity contribution in [1.29, 1.82) is 0 Å². The fourth-order valence-corrected chi connectivity index (χ4v) is 3.18. The second-order valence-electron chi connectivity index (χ2n) is 6.27. The third kappa shape index (κ3) is 5.05. The first-order chi connectivity index (χ1) is 11.9. The molecule has 0 saturated heterocycles. The van der Waals surface area contributed by atoms with Crippen molar-refractivity contribution in [2.45, 2.75) is 44.0 Å². The van der Waals surface area contributed by atoms with Gasteiger partial charge in [-0.3, -0.25) is 0 Å². The van der Waals surface area contributed by atoms with Crippen LogP contribution in [0.1, 0.15) is 31.2 Å². The zero-order valence-corrected chi connectivity index (χ0v) is 14.3. The number of benzene rings is 2. The van der Waals surface area contributed by atoms with Crippen LogP contribution in [0, 0.1) is 0 Å². The van der Waals surface area contributed by atoms with Crippen molar-refractivity contribution in [1.82, 2.24) is 0 Å². The second kappa shape index (κ2) is 7.56. The van der Waals surface area contributed by atoms with Crippen LogP contribution in [0.15, 0.2) is 48.5 Å². The van der Waals surface area contributed by atoms with Gasteiger partial charge in [-0.15, -0.1) is 0 Å². The Hall–Kier alpha value is -1.88. The van der Waals surface area contributed by atoms with Gasteiger partial charge in [0.25, 0.3) is 0 Å². The van der Waals surface area contributed by atoms with Crippen LogP contribution in [0.5, 0.6) is 5.75 Å². The number of hydrogen-bond acceptors (Lipinski definition) is 2. The van der Waals surface area contributed by atoms with Crippen molar-refractivity contribution in [3.63, 3.8) is 0 Å². The van der Waals surface area contributed by atoms with E-state index in [2.05, 4.69) is 5.32 Å². The molecule has 1 aliphatic carbocycles. The summed E-state index contributed by atoms with van der Waals surface area (Å²) in [6.45, 7) is 0. The summed E-state index contributed by atoms with van der Waals surface area (Å²) in [6, 6.07) is 12.8. The first-order valence-corrected chi connectivity index (χ1v) is 8.64. The highest BCUT2D eigenvalue weighted by Crippen LogP contribution is 2.32. The van der Waals surface area contributed by atoms with Gasteiger partial charge in [0, 0.05) is 16.8 Å². The van der Waals surface area contributed by atoms with Gasteiger partial charge in [0.2, 0.25) is 0 Å². The molecule has 2 aromatic rings. The normalized spacial score (nSPS) is 21.0. The van der Waals surface area contributed by atoms with Crippen molar-refractivity contribution < 1.29 is 17.9 Å². The van der Waals surface area contributed by atoms with Crippen LogP contribution in [0.25, 0.3) is 0 Å². The minimum atomic E-state index is -4.32. The van der Waals surface area contributed by atoms with Crippen molar-refractivity contribution in [3.8, 4) is 5.75 Å². The van der Waals surface area contributed by atoms with Crippen LogP contribution in [-0.4, -0.2) is 12.1 Å². The highest BCUT2D eigenvalue weighted by atomic mass is 35.5. The Labute approximate surface area is 150 Å². The van der Waals surface area contributed by atoms with E-state index in [1.54, 1.807) is 18.2 Å². The minimum absolute atomic E-state index is 0.126. The van der Waals surface area contributed by atoms with Gasteiger partial charge < -0.3 is 10.1 Å². The standard InChI is InChI=1S/C19H19ClF3NO/c20-14-4-8-17(9-5-14)25-18-10-6-15(7-11-18)24-16-3-1-2-13(12-16)19(21,22)23/h1-5,8-9,12,15,18,24H,6-7,10-11H2. The van der Waals surface area contributed by atoms with E-state index in [-0.39, 0.29) is 12.1 Å². The van der Waals surface area contributed by atoms with Crippen LogP contribution < -0.4 is 10.1 Å². The molecule has 1 aliphatic rings. The van der Waals surface area contributed by atoms with Crippen LogP contribution in [-0.2, 0) is 6.18 Å². The van der Waals surface area contributed by atoms with E-state index in [1.165, 1.54) is 6.07 Å². The molecule has 2 nitrogen and oxygen atoms in total. The summed E-state index contributed by atoms with van der Waals surface area (Å²) in [5.41, 5.74) is -0.117. The van der Waals surface area contributed by atoms with Crippen molar-refractivity contribution in [2.24, 2.45) is 0 Å². The Kier molecular flexibility index (Phi) is 5.42. The highest BCUT2D eigenvalue weighted by Gasteiger charge is 2.30. The average molecular weight is 370 g/mol. The van der Waals surface area contributed by atoms with Crippen LogP contribution in [0.4, 0.5) is 18.9 Å². The number of nitrogens with one attached hydrogen (secondary N) is 1. The van der Waals surface area contributed by atoms with Crippen molar-refractivity contribution >= 4 is 17.3 Å². The Morgan fingerprint density at radius 1 is 0.960 bits per heavy atom. The Morgan fingerprint density at radius 2 is 1.64 bits per heavy atom. The molecule has 25 heavy (non-hydrogen) atoms. The van der Waals surface area contributed by atoms with Crippen LogP contribution in [0.3, 0.4) is 0 Å². The Balaban J connectivity index is 1.52. The van der Waals surface area contributed by atoms with E-state index in [9.17, 15) is 13.2 Å². The lowest BCUT2D eigenvalue weighted by Crippen LogP contribution is -2.31. The summed E-state index contributed by atoms with van der Waals surface area (Å²) < 4.78 is 44.3. The summed E-state index contributed by atoms with van der Waals surface area (Å²) in [7, 11) is 0. The third-order valence-electron chi connectivity index (χ3n) is 4.35. The number of alkyl halides is 3. The first kappa shape index (κ1) is 17.9. The van der Waals surface area contributed by atoms with Crippen LogP contribution >= 0.6 is 11.6 Å². The molecule has 1 fully saturated rings. The summed E-state index contributed by atoms with van der Waals surface area (Å²) in [4.78, 5) is 0. The number of ether oxygens (including phenoxy) is 1. The van der Waals surface area contributed by atoms with Crippen molar-refractivity contribution in [3.05, 3.63) is 59.1 Å². The summed E-state index contributed by atoms with van der Waals surface area (Å²) in [6.07, 6.45) is -0.760. The fraction of sp³-hybridized carbons (Fsp3) is 0.368. The minimum Gasteiger partial charge on any atom is -0.490 e. The Bertz CT molecular complexity index is 695. The first-order valence-electron chi connectivity index (χ1n) is 8.26. The van der Waals surface area contributed by atoms with Gasteiger partial charge in [0.1, 0.15) is 5.75 Å². The molecule has 0 spiro atoms. The molecule has 2 aromatic carbocycles. The topological polar surface area (TPSA) is 21.3 Å². The molecule has 3 rings (SSSR count). The number of rotatable bonds is 4. The molecule has 0 aliphatic heterocycles. The van der Waals surface area contributed by atoms with Gasteiger partial charge in [-0.2, -0.15) is 13.2 Å². The molecule has 0 unspecified atom stereocenters. The molecule has 0 atom stereocenters. The lowest BCUT2D eigenvalue weighted by atomic mass is 9.92. The van der Waals surface area contributed by atoms with Gasteiger partial charge in [-0.25, -0.2) is 0 Å².